The van der Waals surface area contributed by atoms with Crippen molar-refractivity contribution in [1.82, 2.24) is 4.98 Å². The van der Waals surface area contributed by atoms with E-state index >= 15 is 0 Å². The van der Waals surface area contributed by atoms with Gasteiger partial charge in [0, 0.05) is 23.0 Å². The molecule has 1 aromatic carbocycles. The van der Waals surface area contributed by atoms with Gasteiger partial charge in [-0.05, 0) is 48.7 Å². The smallest absolute Gasteiger partial charge is 0.116 e. The Morgan fingerprint density at radius 1 is 1.22 bits per heavy atom. The van der Waals surface area contributed by atoms with E-state index in [0.717, 1.165) is 27.3 Å². The molecule has 0 amide bonds. The number of hydrogen-bond donors (Lipinski definition) is 1. The number of pyridine rings is 1. The fourth-order valence-corrected chi connectivity index (χ4v) is 3.23. The summed E-state index contributed by atoms with van der Waals surface area (Å²) in [5, 5.41) is 10.2. The molecule has 0 aliphatic rings. The van der Waals surface area contributed by atoms with Gasteiger partial charge in [0.25, 0.3) is 0 Å². The molecule has 2 aromatic rings. The summed E-state index contributed by atoms with van der Waals surface area (Å²) in [4.78, 5) is 5.09. The van der Waals surface area contributed by atoms with Gasteiger partial charge in [-0.1, -0.05) is 11.6 Å². The SMILES string of the molecule is Cc1cc(O)cc(SCc2c(C)cncc2Cl)c1. The van der Waals surface area contributed by atoms with E-state index in [1.165, 1.54) is 0 Å². The van der Waals surface area contributed by atoms with Crippen molar-refractivity contribution < 1.29 is 5.11 Å². The third-order valence-electron chi connectivity index (χ3n) is 2.64. The van der Waals surface area contributed by atoms with E-state index in [9.17, 15) is 5.11 Å². The molecule has 18 heavy (non-hydrogen) atoms. The molecule has 2 rings (SSSR count). The number of halogens is 1. The lowest BCUT2D eigenvalue weighted by molar-refractivity contribution is 0.473. The van der Waals surface area contributed by atoms with E-state index in [1.54, 1.807) is 30.1 Å². The minimum absolute atomic E-state index is 0.301. The van der Waals surface area contributed by atoms with Gasteiger partial charge >= 0.3 is 0 Å². The fourth-order valence-electron chi connectivity index (χ4n) is 1.71. The molecule has 0 spiro atoms. The Bertz CT molecular complexity index is 531. The van der Waals surface area contributed by atoms with Crippen molar-refractivity contribution in [2.45, 2.75) is 24.5 Å². The lowest BCUT2D eigenvalue weighted by atomic mass is 10.2. The first-order valence-electron chi connectivity index (χ1n) is 5.58. The zero-order chi connectivity index (χ0) is 13.1. The van der Waals surface area contributed by atoms with Crippen molar-refractivity contribution in [3.05, 3.63) is 52.3 Å². The van der Waals surface area contributed by atoms with Crippen LogP contribution in [0, 0.1) is 13.8 Å². The number of aromatic hydroxyl groups is 1. The van der Waals surface area contributed by atoms with Crippen LogP contribution in [0.1, 0.15) is 16.7 Å². The summed E-state index contributed by atoms with van der Waals surface area (Å²) < 4.78 is 0. The Labute approximate surface area is 116 Å². The van der Waals surface area contributed by atoms with E-state index in [-0.39, 0.29) is 0 Å². The fraction of sp³-hybridized carbons (Fsp3) is 0.214. The number of rotatable bonds is 3. The van der Waals surface area contributed by atoms with Crippen LogP contribution in [0.3, 0.4) is 0 Å². The van der Waals surface area contributed by atoms with Gasteiger partial charge in [-0.15, -0.1) is 11.8 Å². The number of hydrogen-bond acceptors (Lipinski definition) is 3. The Kier molecular flexibility index (Phi) is 4.15. The van der Waals surface area contributed by atoms with Crippen molar-refractivity contribution >= 4 is 23.4 Å². The molecule has 0 aliphatic carbocycles. The van der Waals surface area contributed by atoms with Crippen LogP contribution >= 0.6 is 23.4 Å². The Hall–Kier alpha value is -1.19. The summed E-state index contributed by atoms with van der Waals surface area (Å²) in [6.45, 7) is 3.97. The number of phenols is 1. The Morgan fingerprint density at radius 2 is 2.00 bits per heavy atom. The molecule has 0 saturated heterocycles. The number of phenolic OH excluding ortho intramolecular Hbond substituents is 1. The molecule has 0 bridgehead atoms. The summed E-state index contributed by atoms with van der Waals surface area (Å²) in [6, 6.07) is 5.56. The third kappa shape index (κ3) is 3.18. The first-order chi connectivity index (χ1) is 8.56. The maximum atomic E-state index is 9.55. The average Bonchev–Trinajstić information content (AvgIpc) is 2.27. The van der Waals surface area contributed by atoms with Crippen LogP contribution in [0.5, 0.6) is 5.75 Å². The molecule has 0 atom stereocenters. The Balaban J connectivity index is 2.16. The highest BCUT2D eigenvalue weighted by atomic mass is 35.5. The zero-order valence-corrected chi connectivity index (χ0v) is 11.8. The molecule has 0 unspecified atom stereocenters. The van der Waals surface area contributed by atoms with Gasteiger partial charge in [0.05, 0.1) is 5.02 Å². The van der Waals surface area contributed by atoms with E-state index in [0.29, 0.717) is 10.8 Å². The number of aromatic nitrogens is 1. The molecule has 0 fully saturated rings. The standard InChI is InChI=1S/C14H14ClNOS/c1-9-3-11(17)5-12(4-9)18-8-13-10(2)6-16-7-14(13)15/h3-7,17H,8H2,1-2H3. The van der Waals surface area contributed by atoms with Crippen LogP contribution in [0.15, 0.2) is 35.5 Å². The number of thioether (sulfide) groups is 1. The normalized spacial score (nSPS) is 10.6. The van der Waals surface area contributed by atoms with Crippen molar-refractivity contribution in [2.24, 2.45) is 0 Å². The van der Waals surface area contributed by atoms with Gasteiger partial charge in [0.15, 0.2) is 0 Å². The highest BCUT2D eigenvalue weighted by Gasteiger charge is 2.06. The largest absolute Gasteiger partial charge is 0.508 e. The van der Waals surface area contributed by atoms with Crippen molar-refractivity contribution in [2.75, 3.05) is 0 Å². The molecular formula is C14H14ClNOS. The van der Waals surface area contributed by atoms with Crippen LogP contribution in [-0.2, 0) is 5.75 Å². The van der Waals surface area contributed by atoms with Crippen LogP contribution in [0.2, 0.25) is 5.02 Å². The highest BCUT2D eigenvalue weighted by Crippen LogP contribution is 2.30. The second-order valence-corrected chi connectivity index (χ2v) is 5.67. The van der Waals surface area contributed by atoms with Crippen LogP contribution in [0.25, 0.3) is 0 Å². The quantitative estimate of drug-likeness (QED) is 0.848. The van der Waals surface area contributed by atoms with Gasteiger partial charge in [-0.2, -0.15) is 0 Å². The number of nitrogens with zero attached hydrogens (tertiary/aromatic N) is 1. The molecule has 1 aromatic heterocycles. The molecule has 0 radical (unpaired) electrons. The zero-order valence-electron chi connectivity index (χ0n) is 10.3. The molecule has 1 heterocycles. The van der Waals surface area contributed by atoms with Gasteiger partial charge in [0.1, 0.15) is 5.75 Å². The monoisotopic (exact) mass is 279 g/mol. The number of aryl methyl sites for hydroxylation is 2. The van der Waals surface area contributed by atoms with Crippen molar-refractivity contribution in [1.29, 1.82) is 0 Å². The van der Waals surface area contributed by atoms with Crippen LogP contribution < -0.4 is 0 Å². The molecular weight excluding hydrogens is 266 g/mol. The first kappa shape index (κ1) is 13.2. The summed E-state index contributed by atoms with van der Waals surface area (Å²) >= 11 is 7.79. The first-order valence-corrected chi connectivity index (χ1v) is 6.95. The van der Waals surface area contributed by atoms with E-state index in [1.807, 2.05) is 20.0 Å². The lowest BCUT2D eigenvalue weighted by Gasteiger charge is -2.08. The second kappa shape index (κ2) is 5.63. The molecule has 0 aliphatic heterocycles. The average molecular weight is 280 g/mol. The third-order valence-corrected chi connectivity index (χ3v) is 3.97. The molecule has 94 valence electrons. The predicted octanol–water partition coefficient (Wildman–Crippen LogP) is 4.35. The summed E-state index contributed by atoms with van der Waals surface area (Å²) in [6.07, 6.45) is 3.48. The Morgan fingerprint density at radius 3 is 2.67 bits per heavy atom. The maximum Gasteiger partial charge on any atom is 0.116 e. The minimum atomic E-state index is 0.301. The predicted molar refractivity (Wildman–Crippen MR) is 76.4 cm³/mol. The van der Waals surface area contributed by atoms with E-state index in [2.05, 4.69) is 11.1 Å². The molecule has 4 heteroatoms. The van der Waals surface area contributed by atoms with Crippen LogP contribution in [0.4, 0.5) is 0 Å². The van der Waals surface area contributed by atoms with Crippen molar-refractivity contribution in [3.63, 3.8) is 0 Å². The van der Waals surface area contributed by atoms with E-state index < -0.39 is 0 Å². The summed E-state index contributed by atoms with van der Waals surface area (Å²) in [5.74, 6) is 1.07. The van der Waals surface area contributed by atoms with Gasteiger partial charge in [-0.3, -0.25) is 4.98 Å². The maximum absolute atomic E-state index is 9.55. The van der Waals surface area contributed by atoms with E-state index in [4.69, 9.17) is 11.6 Å². The molecule has 2 nitrogen and oxygen atoms in total. The van der Waals surface area contributed by atoms with Crippen LogP contribution in [-0.4, -0.2) is 10.1 Å². The minimum Gasteiger partial charge on any atom is -0.508 e. The van der Waals surface area contributed by atoms with Crippen molar-refractivity contribution in [3.8, 4) is 5.75 Å². The highest BCUT2D eigenvalue weighted by molar-refractivity contribution is 7.98. The molecule has 1 N–H and O–H groups in total. The summed E-state index contributed by atoms with van der Waals surface area (Å²) in [5.41, 5.74) is 3.24. The second-order valence-electron chi connectivity index (χ2n) is 4.21. The molecule has 0 saturated carbocycles. The van der Waals surface area contributed by atoms with Gasteiger partial charge < -0.3 is 5.11 Å². The van der Waals surface area contributed by atoms with Gasteiger partial charge in [0.2, 0.25) is 0 Å². The lowest BCUT2D eigenvalue weighted by Crippen LogP contribution is -1.90. The van der Waals surface area contributed by atoms with Gasteiger partial charge in [-0.25, -0.2) is 0 Å². The topological polar surface area (TPSA) is 33.1 Å². The number of benzene rings is 1. The summed E-state index contributed by atoms with van der Waals surface area (Å²) in [7, 11) is 0.